The molecule has 2 rings (SSSR count). The van der Waals surface area contributed by atoms with Crippen molar-refractivity contribution in [1.82, 2.24) is 5.32 Å². The summed E-state index contributed by atoms with van der Waals surface area (Å²) >= 11 is 0. The van der Waals surface area contributed by atoms with Gasteiger partial charge in [-0.15, -0.1) is 0 Å². The zero-order valence-corrected chi connectivity index (χ0v) is 12.7. The summed E-state index contributed by atoms with van der Waals surface area (Å²) in [6.45, 7) is 4.05. The lowest BCUT2D eigenvalue weighted by molar-refractivity contribution is -0.121. The molecule has 1 N–H and O–H groups in total. The van der Waals surface area contributed by atoms with Crippen molar-refractivity contribution in [2.75, 3.05) is 12.3 Å². The normalized spacial score (nSPS) is 18.9. The first-order valence-electron chi connectivity index (χ1n) is 6.97. The minimum Gasteiger partial charge on any atom is -0.303 e. The van der Waals surface area contributed by atoms with Gasteiger partial charge in [-0.25, -0.2) is 8.42 Å². The standard InChI is InChI=1S/C15H21NO3S/c1-11(2)20(18,19)10-8-14(17)15-13-6-4-3-5-12(13)7-9-16-15/h3-6,11,15-16H,7-10H2,1-2H3. The van der Waals surface area contributed by atoms with Crippen molar-refractivity contribution in [1.29, 1.82) is 0 Å². The Bertz CT molecular complexity index is 593. The highest BCUT2D eigenvalue weighted by Crippen LogP contribution is 2.24. The van der Waals surface area contributed by atoms with E-state index >= 15 is 0 Å². The molecule has 1 aliphatic rings. The number of fused-ring (bicyclic) bond motifs is 1. The molecule has 1 aromatic rings. The van der Waals surface area contributed by atoms with E-state index in [9.17, 15) is 13.2 Å². The van der Waals surface area contributed by atoms with Crippen LogP contribution in [-0.2, 0) is 21.1 Å². The smallest absolute Gasteiger partial charge is 0.155 e. The van der Waals surface area contributed by atoms with Crippen LogP contribution in [0.2, 0.25) is 0 Å². The summed E-state index contributed by atoms with van der Waals surface area (Å²) in [5.41, 5.74) is 2.17. The third kappa shape index (κ3) is 3.27. The maximum atomic E-state index is 12.3. The number of ketones is 1. The summed E-state index contributed by atoms with van der Waals surface area (Å²) in [6.07, 6.45) is 0.983. The molecule has 4 nitrogen and oxygen atoms in total. The summed E-state index contributed by atoms with van der Waals surface area (Å²) in [7, 11) is -3.16. The van der Waals surface area contributed by atoms with Gasteiger partial charge in [0, 0.05) is 13.0 Å². The summed E-state index contributed by atoms with van der Waals surface area (Å²) in [4.78, 5) is 12.3. The highest BCUT2D eigenvalue weighted by Gasteiger charge is 2.27. The third-order valence-corrected chi connectivity index (χ3v) is 5.99. The molecule has 1 unspecified atom stereocenters. The van der Waals surface area contributed by atoms with Crippen molar-refractivity contribution in [2.24, 2.45) is 0 Å². The lowest BCUT2D eigenvalue weighted by Gasteiger charge is -2.25. The van der Waals surface area contributed by atoms with Gasteiger partial charge in [-0.05, 0) is 31.4 Å². The Balaban J connectivity index is 2.08. The number of sulfone groups is 1. The lowest BCUT2D eigenvalue weighted by Crippen LogP contribution is -2.36. The monoisotopic (exact) mass is 295 g/mol. The highest BCUT2D eigenvalue weighted by molar-refractivity contribution is 7.91. The van der Waals surface area contributed by atoms with Crippen LogP contribution in [-0.4, -0.2) is 31.7 Å². The second-order valence-electron chi connectivity index (χ2n) is 5.47. The predicted molar refractivity (Wildman–Crippen MR) is 79.4 cm³/mol. The van der Waals surface area contributed by atoms with E-state index in [-0.39, 0.29) is 24.0 Å². The Kier molecular flexibility index (Phi) is 4.60. The first-order chi connectivity index (χ1) is 9.42. The van der Waals surface area contributed by atoms with E-state index in [4.69, 9.17) is 0 Å². The fourth-order valence-electron chi connectivity index (χ4n) is 2.41. The topological polar surface area (TPSA) is 63.2 Å². The number of hydrogen-bond donors (Lipinski definition) is 1. The fourth-order valence-corrected chi connectivity index (χ4v) is 3.37. The van der Waals surface area contributed by atoms with Crippen molar-refractivity contribution in [2.45, 2.75) is 38.0 Å². The van der Waals surface area contributed by atoms with Crippen LogP contribution in [0, 0.1) is 0 Å². The van der Waals surface area contributed by atoms with Gasteiger partial charge in [-0.1, -0.05) is 24.3 Å². The van der Waals surface area contributed by atoms with Crippen LogP contribution in [0.25, 0.3) is 0 Å². The molecule has 0 saturated carbocycles. The van der Waals surface area contributed by atoms with Crippen LogP contribution in [0.1, 0.15) is 37.4 Å². The summed E-state index contributed by atoms with van der Waals surface area (Å²) < 4.78 is 23.6. The van der Waals surface area contributed by atoms with E-state index in [1.54, 1.807) is 13.8 Å². The molecule has 0 radical (unpaired) electrons. The van der Waals surface area contributed by atoms with Gasteiger partial charge >= 0.3 is 0 Å². The number of Topliss-reactive ketones (excluding diaryl/α,β-unsaturated/α-hetero) is 1. The minimum atomic E-state index is -3.16. The van der Waals surface area contributed by atoms with E-state index in [1.165, 1.54) is 5.56 Å². The molecule has 0 amide bonds. The van der Waals surface area contributed by atoms with Gasteiger partial charge in [0.2, 0.25) is 0 Å². The lowest BCUT2D eigenvalue weighted by atomic mass is 9.91. The van der Waals surface area contributed by atoms with Crippen LogP contribution >= 0.6 is 0 Å². The molecule has 0 aliphatic carbocycles. The van der Waals surface area contributed by atoms with Gasteiger partial charge in [-0.2, -0.15) is 0 Å². The second-order valence-corrected chi connectivity index (χ2v) is 8.14. The number of carbonyl (C=O) groups is 1. The van der Waals surface area contributed by atoms with E-state index in [1.807, 2.05) is 24.3 Å². The van der Waals surface area contributed by atoms with Crippen molar-refractivity contribution < 1.29 is 13.2 Å². The summed E-state index contributed by atoms with van der Waals surface area (Å²) in [5, 5.41) is 2.77. The molecular formula is C15H21NO3S. The van der Waals surface area contributed by atoms with E-state index in [0.29, 0.717) is 0 Å². The quantitative estimate of drug-likeness (QED) is 0.897. The first kappa shape index (κ1) is 15.2. The van der Waals surface area contributed by atoms with Crippen LogP contribution in [0.4, 0.5) is 0 Å². The maximum Gasteiger partial charge on any atom is 0.155 e. The molecular weight excluding hydrogens is 274 g/mol. The van der Waals surface area contributed by atoms with Crippen LogP contribution in [0.3, 0.4) is 0 Å². The molecule has 0 spiro atoms. The number of benzene rings is 1. The van der Waals surface area contributed by atoms with Gasteiger partial charge in [0.25, 0.3) is 0 Å². The molecule has 1 heterocycles. The van der Waals surface area contributed by atoms with Gasteiger partial charge in [-0.3, -0.25) is 4.79 Å². The molecule has 0 saturated heterocycles. The number of nitrogens with one attached hydrogen (secondary N) is 1. The minimum absolute atomic E-state index is 0.0404. The Hall–Kier alpha value is -1.20. The van der Waals surface area contributed by atoms with Crippen LogP contribution in [0.15, 0.2) is 24.3 Å². The Labute approximate surface area is 120 Å². The number of hydrogen-bond acceptors (Lipinski definition) is 4. The van der Waals surface area contributed by atoms with E-state index in [2.05, 4.69) is 5.32 Å². The molecule has 1 atom stereocenters. The second kappa shape index (κ2) is 6.06. The largest absolute Gasteiger partial charge is 0.303 e. The van der Waals surface area contributed by atoms with E-state index in [0.717, 1.165) is 18.5 Å². The Morgan fingerprint density at radius 2 is 2.05 bits per heavy atom. The molecule has 20 heavy (non-hydrogen) atoms. The average molecular weight is 295 g/mol. The molecule has 0 bridgehead atoms. The third-order valence-electron chi connectivity index (χ3n) is 3.78. The average Bonchev–Trinajstić information content (AvgIpc) is 2.44. The zero-order chi connectivity index (χ0) is 14.8. The zero-order valence-electron chi connectivity index (χ0n) is 11.9. The molecule has 110 valence electrons. The summed E-state index contributed by atoms with van der Waals surface area (Å²) in [5.74, 6) is -0.106. The molecule has 0 aromatic heterocycles. The SMILES string of the molecule is CC(C)S(=O)(=O)CCC(=O)C1NCCc2ccccc21. The molecule has 5 heteroatoms. The van der Waals surface area contributed by atoms with Crippen LogP contribution in [0.5, 0.6) is 0 Å². The van der Waals surface area contributed by atoms with Gasteiger partial charge < -0.3 is 5.32 Å². The fraction of sp³-hybridized carbons (Fsp3) is 0.533. The van der Waals surface area contributed by atoms with Gasteiger partial charge in [0.1, 0.15) is 0 Å². The van der Waals surface area contributed by atoms with Crippen LogP contribution < -0.4 is 5.32 Å². The number of rotatable bonds is 5. The highest BCUT2D eigenvalue weighted by atomic mass is 32.2. The maximum absolute atomic E-state index is 12.3. The van der Waals surface area contributed by atoms with Gasteiger partial charge in [0.15, 0.2) is 15.6 Å². The van der Waals surface area contributed by atoms with Crippen molar-refractivity contribution in [3.05, 3.63) is 35.4 Å². The van der Waals surface area contributed by atoms with Crippen molar-refractivity contribution >= 4 is 15.6 Å². The molecule has 1 aliphatic heterocycles. The Morgan fingerprint density at radius 3 is 2.75 bits per heavy atom. The van der Waals surface area contributed by atoms with E-state index < -0.39 is 15.1 Å². The Morgan fingerprint density at radius 1 is 1.35 bits per heavy atom. The van der Waals surface area contributed by atoms with Crippen molar-refractivity contribution in [3.8, 4) is 0 Å². The summed E-state index contributed by atoms with van der Waals surface area (Å²) in [6, 6.07) is 7.50. The van der Waals surface area contributed by atoms with Crippen molar-refractivity contribution in [3.63, 3.8) is 0 Å². The van der Waals surface area contributed by atoms with Gasteiger partial charge in [0.05, 0.1) is 17.0 Å². The first-order valence-corrected chi connectivity index (χ1v) is 8.69. The molecule has 1 aromatic carbocycles. The molecule has 0 fully saturated rings. The number of carbonyl (C=O) groups excluding carboxylic acids is 1. The predicted octanol–water partition coefficient (Wildman–Crippen LogP) is 1.66.